The molecule has 0 radical (unpaired) electrons. The summed E-state index contributed by atoms with van der Waals surface area (Å²) in [6.07, 6.45) is 7.94. The highest BCUT2D eigenvalue weighted by molar-refractivity contribution is 5.20. The van der Waals surface area contributed by atoms with Gasteiger partial charge in [0.25, 0.3) is 0 Å². The topological polar surface area (TPSA) is 12.0 Å². The maximum Gasteiger partial charge on any atom is 0.123 e. The van der Waals surface area contributed by atoms with Crippen molar-refractivity contribution < 1.29 is 4.39 Å². The van der Waals surface area contributed by atoms with Crippen LogP contribution in [0.1, 0.15) is 50.1 Å². The van der Waals surface area contributed by atoms with Crippen molar-refractivity contribution in [2.24, 2.45) is 5.92 Å². The fraction of sp³-hybridized carbons (Fsp3) is 0.600. The van der Waals surface area contributed by atoms with Gasteiger partial charge in [0.1, 0.15) is 5.82 Å². The summed E-state index contributed by atoms with van der Waals surface area (Å²) < 4.78 is 13.2. The average molecular weight is 235 g/mol. The van der Waals surface area contributed by atoms with Gasteiger partial charge in [-0.05, 0) is 37.1 Å². The highest BCUT2D eigenvalue weighted by Crippen LogP contribution is 2.31. The van der Waals surface area contributed by atoms with Crippen LogP contribution < -0.4 is 5.32 Å². The van der Waals surface area contributed by atoms with E-state index in [1.807, 2.05) is 13.1 Å². The van der Waals surface area contributed by atoms with E-state index in [1.54, 1.807) is 12.1 Å². The molecule has 0 heterocycles. The van der Waals surface area contributed by atoms with Crippen LogP contribution in [0.2, 0.25) is 0 Å². The van der Waals surface area contributed by atoms with E-state index in [9.17, 15) is 4.39 Å². The summed E-state index contributed by atoms with van der Waals surface area (Å²) in [5, 5.41) is 3.33. The first-order valence-corrected chi connectivity index (χ1v) is 6.72. The molecule has 0 aromatic heterocycles. The molecule has 94 valence electrons. The Labute approximate surface area is 103 Å². The van der Waals surface area contributed by atoms with Gasteiger partial charge in [0.05, 0.1) is 0 Å². The normalized spacial score (nSPS) is 19.2. The minimum atomic E-state index is -0.133. The third-order valence-electron chi connectivity index (χ3n) is 3.89. The zero-order chi connectivity index (χ0) is 12.1. The first-order chi connectivity index (χ1) is 8.29. The van der Waals surface area contributed by atoms with E-state index < -0.39 is 0 Å². The SMILES string of the molecule is CNC(CC1CCCCC1)c1cccc(F)c1. The fourth-order valence-corrected chi connectivity index (χ4v) is 2.90. The van der Waals surface area contributed by atoms with Gasteiger partial charge in [-0.2, -0.15) is 0 Å². The number of nitrogens with one attached hydrogen (secondary N) is 1. The second-order valence-corrected chi connectivity index (χ2v) is 5.14. The molecule has 2 heteroatoms. The van der Waals surface area contributed by atoms with Crippen LogP contribution in [0.15, 0.2) is 24.3 Å². The van der Waals surface area contributed by atoms with E-state index in [0.29, 0.717) is 6.04 Å². The number of hydrogen-bond donors (Lipinski definition) is 1. The Morgan fingerprint density at radius 3 is 2.71 bits per heavy atom. The van der Waals surface area contributed by atoms with Gasteiger partial charge < -0.3 is 5.32 Å². The van der Waals surface area contributed by atoms with Crippen molar-refractivity contribution in [3.8, 4) is 0 Å². The van der Waals surface area contributed by atoms with Crippen molar-refractivity contribution in [3.63, 3.8) is 0 Å². The summed E-state index contributed by atoms with van der Waals surface area (Å²) in [7, 11) is 1.97. The third kappa shape index (κ3) is 3.53. The second kappa shape index (κ2) is 6.15. The van der Waals surface area contributed by atoms with Crippen LogP contribution in [0.3, 0.4) is 0 Å². The van der Waals surface area contributed by atoms with Gasteiger partial charge in [-0.25, -0.2) is 4.39 Å². The van der Waals surface area contributed by atoms with Gasteiger partial charge in [-0.15, -0.1) is 0 Å². The summed E-state index contributed by atoms with van der Waals surface area (Å²) in [6.45, 7) is 0. The van der Waals surface area contributed by atoms with Crippen LogP contribution in [0.25, 0.3) is 0 Å². The minimum Gasteiger partial charge on any atom is -0.313 e. The van der Waals surface area contributed by atoms with Crippen LogP contribution in [0.5, 0.6) is 0 Å². The highest BCUT2D eigenvalue weighted by Gasteiger charge is 2.19. The standard InChI is InChI=1S/C15H22FN/c1-17-15(10-12-6-3-2-4-7-12)13-8-5-9-14(16)11-13/h5,8-9,11-12,15,17H,2-4,6-7,10H2,1H3. The Morgan fingerprint density at radius 1 is 1.29 bits per heavy atom. The first kappa shape index (κ1) is 12.6. The largest absolute Gasteiger partial charge is 0.313 e. The van der Waals surface area contributed by atoms with Crippen LogP contribution in [0, 0.1) is 11.7 Å². The zero-order valence-corrected chi connectivity index (χ0v) is 10.6. The van der Waals surface area contributed by atoms with Gasteiger partial charge in [-0.1, -0.05) is 44.2 Å². The molecule has 1 aromatic rings. The van der Waals surface area contributed by atoms with Gasteiger partial charge >= 0.3 is 0 Å². The molecule has 0 spiro atoms. The van der Waals surface area contributed by atoms with Crippen LogP contribution >= 0.6 is 0 Å². The van der Waals surface area contributed by atoms with Crippen molar-refractivity contribution in [1.82, 2.24) is 5.32 Å². The Hall–Kier alpha value is -0.890. The lowest BCUT2D eigenvalue weighted by atomic mass is 9.83. The predicted molar refractivity (Wildman–Crippen MR) is 69.4 cm³/mol. The first-order valence-electron chi connectivity index (χ1n) is 6.72. The maximum atomic E-state index is 13.2. The molecule has 0 aliphatic heterocycles. The van der Waals surface area contributed by atoms with E-state index in [1.165, 1.54) is 38.2 Å². The van der Waals surface area contributed by atoms with E-state index in [0.717, 1.165) is 17.9 Å². The van der Waals surface area contributed by atoms with Crippen LogP contribution in [-0.2, 0) is 0 Å². The molecule has 1 aliphatic rings. The van der Waals surface area contributed by atoms with Gasteiger partial charge in [0, 0.05) is 6.04 Å². The monoisotopic (exact) mass is 235 g/mol. The lowest BCUT2D eigenvalue weighted by Crippen LogP contribution is -2.21. The highest BCUT2D eigenvalue weighted by atomic mass is 19.1. The molecular formula is C15H22FN. The summed E-state index contributed by atoms with van der Waals surface area (Å²) >= 11 is 0. The smallest absolute Gasteiger partial charge is 0.123 e. The molecule has 1 atom stereocenters. The quantitative estimate of drug-likeness (QED) is 0.830. The minimum absolute atomic E-state index is 0.133. The molecule has 0 bridgehead atoms. The van der Waals surface area contributed by atoms with Gasteiger partial charge in [-0.3, -0.25) is 0 Å². The van der Waals surface area contributed by atoms with Crippen LogP contribution in [-0.4, -0.2) is 7.05 Å². The molecule has 1 N–H and O–H groups in total. The summed E-state index contributed by atoms with van der Waals surface area (Å²) in [5.74, 6) is 0.677. The van der Waals surface area contributed by atoms with E-state index in [4.69, 9.17) is 0 Å². The zero-order valence-electron chi connectivity index (χ0n) is 10.6. The Balaban J connectivity index is 2.00. The molecule has 1 unspecified atom stereocenters. The lowest BCUT2D eigenvalue weighted by molar-refractivity contribution is 0.305. The fourth-order valence-electron chi connectivity index (χ4n) is 2.90. The Bertz CT molecular complexity index is 345. The van der Waals surface area contributed by atoms with Gasteiger partial charge in [0.2, 0.25) is 0 Å². The maximum absolute atomic E-state index is 13.2. The van der Waals surface area contributed by atoms with Crippen molar-refractivity contribution in [2.75, 3.05) is 7.05 Å². The molecule has 17 heavy (non-hydrogen) atoms. The van der Waals surface area contributed by atoms with Crippen molar-refractivity contribution >= 4 is 0 Å². The molecule has 1 aliphatic carbocycles. The summed E-state index contributed by atoms with van der Waals surface area (Å²) in [5.41, 5.74) is 1.08. The summed E-state index contributed by atoms with van der Waals surface area (Å²) in [4.78, 5) is 0. The Morgan fingerprint density at radius 2 is 2.06 bits per heavy atom. The van der Waals surface area contributed by atoms with Gasteiger partial charge in [0.15, 0.2) is 0 Å². The molecule has 2 rings (SSSR count). The number of rotatable bonds is 4. The number of hydrogen-bond acceptors (Lipinski definition) is 1. The van der Waals surface area contributed by atoms with Crippen molar-refractivity contribution in [3.05, 3.63) is 35.6 Å². The molecular weight excluding hydrogens is 213 g/mol. The lowest BCUT2D eigenvalue weighted by Gasteiger charge is -2.26. The number of halogens is 1. The third-order valence-corrected chi connectivity index (χ3v) is 3.89. The second-order valence-electron chi connectivity index (χ2n) is 5.14. The molecule has 1 nitrogen and oxygen atoms in total. The molecule has 1 fully saturated rings. The molecule has 0 amide bonds. The van der Waals surface area contributed by atoms with E-state index in [-0.39, 0.29) is 5.82 Å². The molecule has 0 saturated heterocycles. The molecule has 1 aromatic carbocycles. The van der Waals surface area contributed by atoms with Crippen molar-refractivity contribution in [1.29, 1.82) is 0 Å². The molecule has 1 saturated carbocycles. The number of benzene rings is 1. The van der Waals surface area contributed by atoms with E-state index in [2.05, 4.69) is 5.32 Å². The van der Waals surface area contributed by atoms with Crippen molar-refractivity contribution in [2.45, 2.75) is 44.6 Å². The average Bonchev–Trinajstić information content (AvgIpc) is 2.37. The summed E-state index contributed by atoms with van der Waals surface area (Å²) in [6, 6.07) is 7.29. The van der Waals surface area contributed by atoms with Crippen LogP contribution in [0.4, 0.5) is 4.39 Å². The van der Waals surface area contributed by atoms with E-state index >= 15 is 0 Å². The Kier molecular flexibility index (Phi) is 4.55. The predicted octanol–water partition coefficient (Wildman–Crippen LogP) is 4.06.